The first-order valence-electron chi connectivity index (χ1n) is 5.32. The largest absolute Gasteiger partial charge is 2.00 e. The van der Waals surface area contributed by atoms with Crippen molar-refractivity contribution in [2.75, 3.05) is 26.8 Å². The van der Waals surface area contributed by atoms with Crippen LogP contribution in [0.15, 0.2) is 23.8 Å². The molecule has 1 saturated heterocycles. The first-order chi connectivity index (χ1) is 7.85. The third-order valence-corrected chi connectivity index (χ3v) is 2.75. The maximum Gasteiger partial charge on any atom is 2.00 e. The summed E-state index contributed by atoms with van der Waals surface area (Å²) in [5, 5.41) is 3.27. The fourth-order valence-corrected chi connectivity index (χ4v) is 1.87. The van der Waals surface area contributed by atoms with Crippen LogP contribution in [-0.2, 0) is 29.0 Å². The molecule has 1 aliphatic heterocycles. The minimum absolute atomic E-state index is 0. The van der Waals surface area contributed by atoms with E-state index in [0.717, 1.165) is 18.7 Å². The van der Waals surface area contributed by atoms with E-state index >= 15 is 0 Å². The summed E-state index contributed by atoms with van der Waals surface area (Å²) in [5.41, 5.74) is 10.3. The van der Waals surface area contributed by atoms with Crippen molar-refractivity contribution in [2.24, 2.45) is 0 Å². The van der Waals surface area contributed by atoms with Gasteiger partial charge in [-0.2, -0.15) is 4.79 Å². The minimum atomic E-state index is -0.296. The third-order valence-electron chi connectivity index (χ3n) is 2.75. The number of morpholine rings is 1. The van der Waals surface area contributed by atoms with Crippen LogP contribution >= 0.6 is 0 Å². The molecule has 2 atom stereocenters. The summed E-state index contributed by atoms with van der Waals surface area (Å²) >= 11 is 0. The Morgan fingerprint density at radius 2 is 2.16 bits per heavy atom. The molecule has 1 N–H and O–H groups in total. The van der Waals surface area contributed by atoms with E-state index in [1.54, 1.807) is 13.2 Å². The van der Waals surface area contributed by atoms with Gasteiger partial charge in [-0.3, -0.25) is 0 Å². The Morgan fingerprint density at radius 1 is 1.42 bits per heavy atom. The normalized spacial score (nSPS) is 25.1. The molecule has 5 nitrogen and oxygen atoms in total. The molecule has 2 unspecified atom stereocenters. The second kappa shape index (κ2) is 10.7. The number of nitrogens with one attached hydrogen (secondary N) is 1. The quantitative estimate of drug-likeness (QED) is 0.304. The smallest absolute Gasteiger partial charge is 1.00 e. The standard InChI is InChI=1S/C11H15N3O2.2ClH.Zn/c1-15-10-6-8(2-3-9(10)14-12)11-7-13-4-5-16-11;;;/h2-3,6,10-11,13H,4-5,7H2,1H3;2*1H;/q;;;+2/p-2. The van der Waals surface area contributed by atoms with Crippen LogP contribution in [0.1, 0.15) is 0 Å². The monoisotopic (exact) mass is 355 g/mol. The van der Waals surface area contributed by atoms with Crippen molar-refractivity contribution in [3.63, 3.8) is 0 Å². The summed E-state index contributed by atoms with van der Waals surface area (Å²) in [4.78, 5) is 3.18. The van der Waals surface area contributed by atoms with Crippen LogP contribution < -0.4 is 30.1 Å². The topological polar surface area (TPSA) is 66.9 Å². The first-order valence-corrected chi connectivity index (χ1v) is 5.32. The number of ether oxygens (including phenoxy) is 2. The minimum Gasteiger partial charge on any atom is -1.00 e. The van der Waals surface area contributed by atoms with Gasteiger partial charge in [-0.1, -0.05) is 0 Å². The van der Waals surface area contributed by atoms with Crippen LogP contribution in [0.3, 0.4) is 0 Å². The average molecular weight is 358 g/mol. The second-order valence-electron chi connectivity index (χ2n) is 3.74. The molecule has 2 aliphatic rings. The molecule has 102 valence electrons. The first kappa shape index (κ1) is 21.2. The zero-order valence-corrected chi connectivity index (χ0v) is 15.2. The van der Waals surface area contributed by atoms with Crippen molar-refractivity contribution in [3.8, 4) is 0 Å². The van der Waals surface area contributed by atoms with Crippen molar-refractivity contribution in [2.45, 2.75) is 12.2 Å². The predicted octanol–water partition coefficient (Wildman–Crippen LogP) is -5.84. The molecule has 0 aromatic carbocycles. The summed E-state index contributed by atoms with van der Waals surface area (Å²) < 4.78 is 10.9. The number of rotatable bonds is 2. The fourth-order valence-electron chi connectivity index (χ4n) is 1.87. The van der Waals surface area contributed by atoms with Gasteiger partial charge in [-0.05, 0) is 17.7 Å². The van der Waals surface area contributed by atoms with E-state index in [1.165, 1.54) is 0 Å². The van der Waals surface area contributed by atoms with Gasteiger partial charge >= 0.3 is 25.2 Å². The van der Waals surface area contributed by atoms with Crippen LogP contribution in [0, 0.1) is 0 Å². The Labute approximate surface area is 138 Å². The molecule has 0 aromatic heterocycles. The van der Waals surface area contributed by atoms with E-state index in [9.17, 15) is 0 Å². The summed E-state index contributed by atoms with van der Waals surface area (Å²) in [6, 6.07) is 0. The van der Waals surface area contributed by atoms with Gasteiger partial charge in [-0.15, -0.1) is 0 Å². The number of halogens is 2. The Kier molecular flexibility index (Phi) is 12.0. The SMILES string of the molecule is COC1C=C(C2CNCCO2)C=CC1=[N+]=[N-].[Cl-].[Cl-].[Zn+2]. The third kappa shape index (κ3) is 5.44. The van der Waals surface area contributed by atoms with Gasteiger partial charge in [0.1, 0.15) is 0 Å². The zero-order valence-electron chi connectivity index (χ0n) is 10.7. The van der Waals surface area contributed by atoms with Gasteiger partial charge in [0.25, 0.3) is 0 Å². The van der Waals surface area contributed by atoms with E-state index in [1.807, 2.05) is 12.2 Å². The molecular formula is C11H15Cl2N3O2Zn. The number of nitrogens with zero attached hydrogens (tertiary/aromatic N) is 2. The molecule has 0 saturated carbocycles. The molecule has 1 heterocycles. The summed E-state index contributed by atoms with van der Waals surface area (Å²) in [6.45, 7) is 2.41. The molecule has 0 spiro atoms. The van der Waals surface area contributed by atoms with Crippen LogP contribution in [0.4, 0.5) is 0 Å². The molecule has 0 aromatic rings. The van der Waals surface area contributed by atoms with Crippen LogP contribution in [0.25, 0.3) is 5.53 Å². The Morgan fingerprint density at radius 3 is 2.68 bits per heavy atom. The molecule has 1 fully saturated rings. The van der Waals surface area contributed by atoms with Gasteiger partial charge in [0.05, 0.1) is 12.7 Å². The van der Waals surface area contributed by atoms with Gasteiger partial charge in [0.2, 0.25) is 0 Å². The molecular weight excluding hydrogens is 342 g/mol. The van der Waals surface area contributed by atoms with E-state index in [0.29, 0.717) is 12.3 Å². The maximum atomic E-state index is 8.77. The van der Waals surface area contributed by atoms with Crippen molar-refractivity contribution >= 4 is 5.71 Å². The van der Waals surface area contributed by atoms with E-state index in [-0.39, 0.29) is 56.5 Å². The molecule has 2 rings (SSSR count). The molecule has 1 aliphatic carbocycles. The number of hydrogen-bond acceptors (Lipinski definition) is 3. The van der Waals surface area contributed by atoms with Crippen LogP contribution in [0.5, 0.6) is 0 Å². The molecule has 8 heteroatoms. The van der Waals surface area contributed by atoms with Gasteiger partial charge in [0.15, 0.2) is 6.10 Å². The van der Waals surface area contributed by atoms with E-state index in [2.05, 4.69) is 10.1 Å². The molecule has 19 heavy (non-hydrogen) atoms. The van der Waals surface area contributed by atoms with E-state index < -0.39 is 0 Å². The maximum absolute atomic E-state index is 8.77. The zero-order chi connectivity index (χ0) is 11.4. The predicted molar refractivity (Wildman–Crippen MR) is 59.3 cm³/mol. The van der Waals surface area contributed by atoms with Gasteiger partial charge in [0, 0.05) is 26.3 Å². The van der Waals surface area contributed by atoms with Crippen LogP contribution in [-0.4, -0.2) is 49.5 Å². The fraction of sp³-hybridized carbons (Fsp3) is 0.545. The average Bonchev–Trinajstić information content (AvgIpc) is 2.39. The van der Waals surface area contributed by atoms with Crippen molar-refractivity contribution in [1.82, 2.24) is 5.32 Å². The van der Waals surface area contributed by atoms with Crippen LogP contribution in [0.2, 0.25) is 0 Å². The van der Waals surface area contributed by atoms with E-state index in [4.69, 9.17) is 15.0 Å². The molecule has 0 bridgehead atoms. The molecule has 0 radical (unpaired) electrons. The van der Waals surface area contributed by atoms with Crippen molar-refractivity contribution in [1.29, 1.82) is 0 Å². The summed E-state index contributed by atoms with van der Waals surface area (Å²) in [5.74, 6) is 0. The Bertz CT molecular complexity index is 378. The Hall–Kier alpha value is -0.0566. The summed E-state index contributed by atoms with van der Waals surface area (Å²) in [7, 11) is 1.59. The van der Waals surface area contributed by atoms with Gasteiger partial charge < -0.3 is 45.1 Å². The van der Waals surface area contributed by atoms with Crippen molar-refractivity contribution < 1.29 is 58.6 Å². The van der Waals surface area contributed by atoms with Crippen molar-refractivity contribution in [3.05, 3.63) is 29.3 Å². The van der Waals surface area contributed by atoms with Gasteiger partial charge in [-0.25, -0.2) is 0 Å². The molecule has 0 amide bonds. The number of methoxy groups -OCH3 is 1. The second-order valence-corrected chi connectivity index (χ2v) is 3.74. The Balaban J connectivity index is 0. The summed E-state index contributed by atoms with van der Waals surface area (Å²) in [6.07, 6.45) is 5.34. The number of hydrogen-bond donors (Lipinski definition) is 1.